The quantitative estimate of drug-likeness (QED) is 0.0823. The number of hydrogen-bond acceptors (Lipinski definition) is 7. The summed E-state index contributed by atoms with van der Waals surface area (Å²) < 4.78 is 22.5. The lowest BCUT2D eigenvalue weighted by Crippen LogP contribution is -2.19. The molecule has 42 heavy (non-hydrogen) atoms. The summed E-state index contributed by atoms with van der Waals surface area (Å²) in [7, 11) is 4.40. The average Bonchev–Trinajstić information content (AvgIpc) is 3.42. The summed E-state index contributed by atoms with van der Waals surface area (Å²) in [5.41, 5.74) is 6.08. The van der Waals surface area contributed by atoms with Crippen molar-refractivity contribution >= 4 is 44.9 Å². The number of para-hydroxylation sites is 2. The third-order valence-electron chi connectivity index (χ3n) is 6.46. The summed E-state index contributed by atoms with van der Waals surface area (Å²) in [6.07, 6.45) is 1.41. The van der Waals surface area contributed by atoms with Gasteiger partial charge in [0, 0.05) is 21.0 Å². The van der Waals surface area contributed by atoms with Crippen LogP contribution in [0.25, 0.3) is 22.0 Å². The molecule has 9 nitrogen and oxygen atoms in total. The number of carbonyl (C=O) groups excluding carboxylic acids is 2. The first-order valence-electron chi connectivity index (χ1n) is 12.7. The maximum Gasteiger partial charge on any atom is 0.343 e. The van der Waals surface area contributed by atoms with Gasteiger partial charge in [0.1, 0.15) is 11.4 Å². The number of esters is 1. The number of aromatic amines is 1. The van der Waals surface area contributed by atoms with E-state index in [2.05, 4.69) is 31.4 Å². The van der Waals surface area contributed by atoms with Crippen molar-refractivity contribution in [3.05, 3.63) is 106 Å². The van der Waals surface area contributed by atoms with E-state index in [1.54, 1.807) is 24.3 Å². The van der Waals surface area contributed by atoms with Crippen LogP contribution >= 0.6 is 15.9 Å². The van der Waals surface area contributed by atoms with Crippen LogP contribution in [0.3, 0.4) is 0 Å². The first kappa shape index (κ1) is 28.4. The molecule has 0 bridgehead atoms. The maximum absolute atomic E-state index is 13.3. The van der Waals surface area contributed by atoms with Gasteiger partial charge in [0.05, 0.1) is 38.6 Å². The van der Waals surface area contributed by atoms with Crippen molar-refractivity contribution in [3.63, 3.8) is 0 Å². The molecule has 1 aromatic heterocycles. The van der Waals surface area contributed by atoms with E-state index in [-0.39, 0.29) is 11.3 Å². The van der Waals surface area contributed by atoms with E-state index < -0.39 is 11.9 Å². The molecule has 5 rings (SSSR count). The fourth-order valence-electron chi connectivity index (χ4n) is 4.51. The van der Waals surface area contributed by atoms with Gasteiger partial charge in [-0.25, -0.2) is 10.2 Å². The predicted octanol–water partition coefficient (Wildman–Crippen LogP) is 6.61. The molecule has 0 spiro atoms. The van der Waals surface area contributed by atoms with Crippen molar-refractivity contribution < 1.29 is 28.5 Å². The Hall–Kier alpha value is -5.09. The number of aromatic nitrogens is 1. The number of rotatable bonds is 9. The van der Waals surface area contributed by atoms with E-state index in [1.165, 1.54) is 39.7 Å². The number of H-pyrrole nitrogens is 1. The van der Waals surface area contributed by atoms with Gasteiger partial charge in [-0.15, -0.1) is 0 Å². The number of halogens is 1. The molecule has 0 aliphatic carbocycles. The Morgan fingerprint density at radius 3 is 2.21 bits per heavy atom. The van der Waals surface area contributed by atoms with Crippen LogP contribution in [-0.2, 0) is 0 Å². The van der Waals surface area contributed by atoms with Crippen molar-refractivity contribution in [1.29, 1.82) is 0 Å². The zero-order valence-corrected chi connectivity index (χ0v) is 24.5. The molecule has 1 heterocycles. The molecule has 0 aliphatic rings. The van der Waals surface area contributed by atoms with Crippen LogP contribution in [0.5, 0.6) is 23.0 Å². The summed E-state index contributed by atoms with van der Waals surface area (Å²) in [5, 5.41) is 5.06. The third-order valence-corrected chi connectivity index (χ3v) is 7.13. The lowest BCUT2D eigenvalue weighted by Gasteiger charge is -2.14. The number of carbonyl (C=O) groups is 2. The molecule has 2 N–H and O–H groups in total. The molecule has 0 aliphatic heterocycles. The van der Waals surface area contributed by atoms with Gasteiger partial charge in [0.25, 0.3) is 5.91 Å². The van der Waals surface area contributed by atoms with Gasteiger partial charge < -0.3 is 23.9 Å². The van der Waals surface area contributed by atoms with E-state index in [9.17, 15) is 9.59 Å². The number of hydrazone groups is 1. The van der Waals surface area contributed by atoms with E-state index in [0.29, 0.717) is 28.5 Å². The van der Waals surface area contributed by atoms with Crippen LogP contribution in [-0.4, -0.2) is 44.4 Å². The average molecular weight is 628 g/mol. The minimum Gasteiger partial charge on any atom is -0.493 e. The highest BCUT2D eigenvalue weighted by Gasteiger charge is 2.21. The molecule has 212 valence electrons. The van der Waals surface area contributed by atoms with Crippen molar-refractivity contribution in [2.45, 2.75) is 0 Å². The van der Waals surface area contributed by atoms with Crippen LogP contribution in [0.2, 0.25) is 0 Å². The number of ether oxygens (including phenoxy) is 4. The fraction of sp³-hybridized carbons (Fsp3) is 0.0938. The topological polar surface area (TPSA) is 111 Å². The summed E-state index contributed by atoms with van der Waals surface area (Å²) >= 11 is 3.56. The minimum atomic E-state index is -0.643. The zero-order valence-electron chi connectivity index (χ0n) is 22.9. The van der Waals surface area contributed by atoms with E-state index in [1.807, 2.05) is 48.5 Å². The molecule has 0 saturated heterocycles. The smallest absolute Gasteiger partial charge is 0.343 e. The fourth-order valence-corrected chi connectivity index (χ4v) is 4.98. The second-order valence-corrected chi connectivity index (χ2v) is 9.80. The standard InChI is InChI=1S/C32H26BrN3O6/c1-39-25-16-21(17-26(40-2)30(25)41-3)32(38)42-24-15-8-7-12-20(24)18-34-36-31(37)29-27(19-10-5-4-6-11-19)22-13-9-14-23(33)28(22)35-29/h4-18,35H,1-3H3,(H,36,37). The highest BCUT2D eigenvalue weighted by molar-refractivity contribution is 9.10. The van der Waals surface area contributed by atoms with E-state index in [0.717, 1.165) is 26.5 Å². The highest BCUT2D eigenvalue weighted by atomic mass is 79.9. The van der Waals surface area contributed by atoms with E-state index >= 15 is 0 Å². The van der Waals surface area contributed by atoms with Crippen molar-refractivity contribution in [2.75, 3.05) is 21.3 Å². The Labute approximate surface area is 250 Å². The molecule has 0 radical (unpaired) electrons. The van der Waals surface area contributed by atoms with Gasteiger partial charge in [0.15, 0.2) is 11.5 Å². The van der Waals surface area contributed by atoms with Gasteiger partial charge in [0.2, 0.25) is 5.75 Å². The molecule has 0 saturated carbocycles. The second-order valence-electron chi connectivity index (χ2n) is 8.94. The van der Waals surface area contributed by atoms with E-state index in [4.69, 9.17) is 18.9 Å². The predicted molar refractivity (Wildman–Crippen MR) is 164 cm³/mol. The summed E-state index contributed by atoms with van der Waals surface area (Å²) in [5.74, 6) is 0.169. The monoisotopic (exact) mass is 627 g/mol. The third kappa shape index (κ3) is 5.70. The molecule has 4 aromatic carbocycles. The maximum atomic E-state index is 13.3. The van der Waals surface area contributed by atoms with Crippen molar-refractivity contribution in [1.82, 2.24) is 10.4 Å². The second kappa shape index (κ2) is 12.6. The molecule has 0 fully saturated rings. The Kier molecular flexibility index (Phi) is 8.54. The molecular weight excluding hydrogens is 602 g/mol. The zero-order chi connectivity index (χ0) is 29.6. The normalized spacial score (nSPS) is 11.0. The SMILES string of the molecule is COc1cc(C(=O)Oc2ccccc2C=NNC(=O)c2[nH]c3c(Br)cccc3c2-c2ccccc2)cc(OC)c1OC. The van der Waals surface area contributed by atoms with Gasteiger partial charge in [-0.05, 0) is 51.8 Å². The van der Waals surface area contributed by atoms with Crippen molar-refractivity contribution in [2.24, 2.45) is 5.10 Å². The number of nitrogens with zero attached hydrogens (tertiary/aromatic N) is 1. The van der Waals surface area contributed by atoms with Crippen LogP contribution in [0.15, 0.2) is 94.5 Å². The van der Waals surface area contributed by atoms with Gasteiger partial charge in [-0.2, -0.15) is 5.10 Å². The minimum absolute atomic E-state index is 0.197. The number of methoxy groups -OCH3 is 3. The molecular formula is C32H26BrN3O6. The number of fused-ring (bicyclic) bond motifs is 1. The molecule has 5 aromatic rings. The first-order valence-corrected chi connectivity index (χ1v) is 13.5. The molecule has 0 unspecified atom stereocenters. The van der Waals surface area contributed by atoms with Crippen LogP contribution in [0.4, 0.5) is 0 Å². The number of hydrogen-bond donors (Lipinski definition) is 2. The largest absolute Gasteiger partial charge is 0.493 e. The Bertz CT molecular complexity index is 1770. The van der Waals surface area contributed by atoms with Crippen LogP contribution < -0.4 is 24.4 Å². The van der Waals surface area contributed by atoms with Gasteiger partial charge >= 0.3 is 5.97 Å². The number of amides is 1. The lowest BCUT2D eigenvalue weighted by atomic mass is 10.0. The number of benzene rings is 4. The Morgan fingerprint density at radius 1 is 0.833 bits per heavy atom. The van der Waals surface area contributed by atoms with Gasteiger partial charge in [-0.1, -0.05) is 54.6 Å². The van der Waals surface area contributed by atoms with Crippen LogP contribution in [0, 0.1) is 0 Å². The summed E-state index contributed by atoms with van der Waals surface area (Å²) in [4.78, 5) is 29.6. The lowest BCUT2D eigenvalue weighted by molar-refractivity contribution is 0.0733. The summed E-state index contributed by atoms with van der Waals surface area (Å²) in [6.45, 7) is 0. The van der Waals surface area contributed by atoms with Crippen LogP contribution in [0.1, 0.15) is 26.4 Å². The molecule has 0 atom stereocenters. The highest BCUT2D eigenvalue weighted by Crippen LogP contribution is 2.39. The van der Waals surface area contributed by atoms with Gasteiger partial charge in [-0.3, -0.25) is 4.79 Å². The first-order chi connectivity index (χ1) is 20.4. The van der Waals surface area contributed by atoms with Crippen molar-refractivity contribution in [3.8, 4) is 34.1 Å². The Morgan fingerprint density at radius 2 is 1.52 bits per heavy atom. The Balaban J connectivity index is 1.39. The molecule has 1 amide bonds. The summed E-state index contributed by atoms with van der Waals surface area (Å²) in [6, 6.07) is 25.3. The molecule has 10 heteroatoms. The number of nitrogens with one attached hydrogen (secondary N) is 2.